The van der Waals surface area contributed by atoms with E-state index in [4.69, 9.17) is 0 Å². The van der Waals surface area contributed by atoms with Gasteiger partial charge in [0.15, 0.2) is 0 Å². The van der Waals surface area contributed by atoms with Gasteiger partial charge in [-0.2, -0.15) is 0 Å². The van der Waals surface area contributed by atoms with Crippen LogP contribution in [-0.2, 0) is 23.7 Å². The zero-order chi connectivity index (χ0) is 32.6. The van der Waals surface area contributed by atoms with Gasteiger partial charge >= 0.3 is 0 Å². The number of benzene rings is 5. The van der Waals surface area contributed by atoms with Gasteiger partial charge in [-0.15, -0.1) is 0 Å². The van der Waals surface area contributed by atoms with E-state index in [0.717, 1.165) is 32.1 Å². The Kier molecular flexibility index (Phi) is 11.0. The molecule has 0 N–H and O–H groups in total. The van der Waals surface area contributed by atoms with Crippen molar-refractivity contribution < 1.29 is 0 Å². The summed E-state index contributed by atoms with van der Waals surface area (Å²) in [5, 5.41) is 0. The van der Waals surface area contributed by atoms with E-state index in [2.05, 4.69) is 169 Å². The summed E-state index contributed by atoms with van der Waals surface area (Å²) in [6, 6.07) is 48.1. The monoisotopic (exact) mass is 606 g/mol. The first-order valence-corrected chi connectivity index (χ1v) is 17.7. The van der Waals surface area contributed by atoms with Gasteiger partial charge in [0.2, 0.25) is 0 Å². The molecule has 0 bridgehead atoms. The van der Waals surface area contributed by atoms with Crippen molar-refractivity contribution in [2.24, 2.45) is 0 Å². The summed E-state index contributed by atoms with van der Waals surface area (Å²) in [4.78, 5) is 0. The molecule has 0 heterocycles. The number of hydrogen-bond donors (Lipinski definition) is 0. The number of rotatable bonds is 13. The first kappa shape index (κ1) is 33.5. The minimum atomic E-state index is 0.156. The fourth-order valence-corrected chi connectivity index (χ4v) is 7.38. The van der Waals surface area contributed by atoms with E-state index in [1.807, 2.05) is 0 Å². The Bertz CT molecular complexity index is 1630. The van der Waals surface area contributed by atoms with Crippen LogP contribution < -0.4 is 0 Å². The molecule has 1 unspecified atom stereocenters. The molecule has 0 aliphatic heterocycles. The summed E-state index contributed by atoms with van der Waals surface area (Å²) in [7, 11) is 0. The maximum atomic E-state index is 2.52. The predicted molar refractivity (Wildman–Crippen MR) is 201 cm³/mol. The van der Waals surface area contributed by atoms with Crippen LogP contribution in [0.3, 0.4) is 0 Å². The van der Waals surface area contributed by atoms with Crippen LogP contribution in [0.1, 0.15) is 107 Å². The molecule has 0 spiro atoms. The highest BCUT2D eigenvalue weighted by atomic mass is 14.3. The summed E-state index contributed by atoms with van der Waals surface area (Å²) in [5.74, 6) is 0.490. The van der Waals surface area contributed by atoms with Crippen molar-refractivity contribution in [3.63, 3.8) is 0 Å². The van der Waals surface area contributed by atoms with Crippen LogP contribution in [0.5, 0.6) is 0 Å². The van der Waals surface area contributed by atoms with Gasteiger partial charge in [0.1, 0.15) is 0 Å². The summed E-state index contributed by atoms with van der Waals surface area (Å²) in [6.07, 6.45) is 7.98. The lowest BCUT2D eigenvalue weighted by Crippen LogP contribution is -2.25. The van der Waals surface area contributed by atoms with Crippen LogP contribution in [0.2, 0.25) is 0 Å². The quantitative estimate of drug-likeness (QED) is 0.125. The summed E-state index contributed by atoms with van der Waals surface area (Å²) in [5.41, 5.74) is 12.8. The highest BCUT2D eigenvalue weighted by molar-refractivity contribution is 5.75. The first-order valence-electron chi connectivity index (χ1n) is 17.7. The molecule has 5 aromatic carbocycles. The third-order valence-corrected chi connectivity index (χ3v) is 10.4. The molecule has 238 valence electrons. The number of hydrogen-bond acceptors (Lipinski definition) is 0. The molecule has 0 aromatic heterocycles. The van der Waals surface area contributed by atoms with Gasteiger partial charge in [-0.25, -0.2) is 0 Å². The van der Waals surface area contributed by atoms with Gasteiger partial charge in [-0.05, 0) is 111 Å². The van der Waals surface area contributed by atoms with Crippen molar-refractivity contribution in [3.05, 3.63) is 155 Å². The van der Waals surface area contributed by atoms with Crippen LogP contribution in [0.25, 0.3) is 22.3 Å². The first-order chi connectivity index (χ1) is 22.3. The molecule has 46 heavy (non-hydrogen) atoms. The van der Waals surface area contributed by atoms with E-state index in [0.29, 0.717) is 5.92 Å². The van der Waals surface area contributed by atoms with Crippen molar-refractivity contribution in [1.82, 2.24) is 0 Å². The maximum Gasteiger partial charge on any atom is -0.00459 e. The second-order valence-corrected chi connectivity index (χ2v) is 14.4. The van der Waals surface area contributed by atoms with Gasteiger partial charge in [0.05, 0.1) is 0 Å². The Morgan fingerprint density at radius 3 is 1.74 bits per heavy atom. The van der Waals surface area contributed by atoms with Gasteiger partial charge < -0.3 is 0 Å². The second kappa shape index (κ2) is 15.1. The van der Waals surface area contributed by atoms with Gasteiger partial charge in [0, 0.05) is 0 Å². The lowest BCUT2D eigenvalue weighted by Gasteiger charge is -2.35. The Morgan fingerprint density at radius 2 is 1.15 bits per heavy atom. The SMILES string of the molecule is CCCC(CC)(CC)c1cc(-c2ccc(C(C)(C)C)cc2)ccc1-c1ccc(CC(CCc2ccccc2)c2ccccc2)cc1. The van der Waals surface area contributed by atoms with Crippen LogP contribution in [0, 0.1) is 0 Å². The predicted octanol–water partition coefficient (Wildman–Crippen LogP) is 13.1. The molecule has 0 nitrogen and oxygen atoms in total. The molecule has 0 amide bonds. The normalized spacial score (nSPS) is 12.7. The van der Waals surface area contributed by atoms with Gasteiger partial charge in [-0.3, -0.25) is 0 Å². The van der Waals surface area contributed by atoms with Crippen LogP contribution in [-0.4, -0.2) is 0 Å². The zero-order valence-corrected chi connectivity index (χ0v) is 29.2. The van der Waals surface area contributed by atoms with Crippen LogP contribution >= 0.6 is 0 Å². The minimum Gasteiger partial charge on any atom is -0.0654 e. The maximum absolute atomic E-state index is 2.52. The molecule has 1 atom stereocenters. The third-order valence-electron chi connectivity index (χ3n) is 10.4. The van der Waals surface area contributed by atoms with Crippen molar-refractivity contribution in [2.75, 3.05) is 0 Å². The highest BCUT2D eigenvalue weighted by Gasteiger charge is 2.30. The Hall–Kier alpha value is -3.90. The zero-order valence-electron chi connectivity index (χ0n) is 29.2. The van der Waals surface area contributed by atoms with E-state index in [1.54, 1.807) is 0 Å². The summed E-state index contributed by atoms with van der Waals surface area (Å²) < 4.78 is 0. The van der Waals surface area contributed by atoms with Crippen molar-refractivity contribution >= 4 is 0 Å². The van der Waals surface area contributed by atoms with Crippen molar-refractivity contribution in [3.8, 4) is 22.3 Å². The average Bonchev–Trinajstić information content (AvgIpc) is 3.10. The molecule has 0 heteroatoms. The fraction of sp³-hybridized carbons (Fsp3) is 0.348. The summed E-state index contributed by atoms with van der Waals surface area (Å²) >= 11 is 0. The lowest BCUT2D eigenvalue weighted by atomic mass is 9.69. The van der Waals surface area contributed by atoms with Crippen molar-refractivity contribution in [2.45, 2.75) is 103 Å². The second-order valence-electron chi connectivity index (χ2n) is 14.4. The lowest BCUT2D eigenvalue weighted by molar-refractivity contribution is 0.363. The van der Waals surface area contributed by atoms with E-state index in [1.165, 1.54) is 62.9 Å². The van der Waals surface area contributed by atoms with E-state index >= 15 is 0 Å². The largest absolute Gasteiger partial charge is 0.0654 e. The number of aryl methyl sites for hydroxylation is 1. The molecule has 0 radical (unpaired) electrons. The Labute approximate surface area is 279 Å². The molecule has 0 aliphatic rings. The third kappa shape index (κ3) is 7.90. The smallest absolute Gasteiger partial charge is 0.00459 e. The van der Waals surface area contributed by atoms with Crippen LogP contribution in [0.15, 0.2) is 127 Å². The van der Waals surface area contributed by atoms with Crippen molar-refractivity contribution in [1.29, 1.82) is 0 Å². The fourth-order valence-electron chi connectivity index (χ4n) is 7.38. The van der Waals surface area contributed by atoms with E-state index < -0.39 is 0 Å². The molecular formula is C46H54. The van der Waals surface area contributed by atoms with Gasteiger partial charge in [0.25, 0.3) is 0 Å². The molecule has 0 saturated carbocycles. The average molecular weight is 607 g/mol. The topological polar surface area (TPSA) is 0 Å². The van der Waals surface area contributed by atoms with E-state index in [-0.39, 0.29) is 10.8 Å². The Morgan fingerprint density at radius 1 is 0.565 bits per heavy atom. The standard InChI is InChI=1S/C46H54/c1-7-32-46(8-2,9-3)44-34-41(38-26-29-42(30-27-38)45(4,5)6)28-31-43(44)39-23-21-36(22-24-39)33-40(37-18-14-11-15-19-37)25-20-35-16-12-10-13-17-35/h10-19,21-24,26-31,34,40H,7-9,20,25,32-33H2,1-6H3. The Balaban J connectivity index is 1.47. The summed E-state index contributed by atoms with van der Waals surface area (Å²) in [6.45, 7) is 14.0. The molecular weight excluding hydrogens is 553 g/mol. The molecule has 0 aliphatic carbocycles. The molecule has 0 fully saturated rings. The van der Waals surface area contributed by atoms with Crippen LogP contribution in [0.4, 0.5) is 0 Å². The minimum absolute atomic E-state index is 0.156. The highest BCUT2D eigenvalue weighted by Crippen LogP contribution is 2.44. The van der Waals surface area contributed by atoms with Gasteiger partial charge in [-0.1, -0.05) is 169 Å². The van der Waals surface area contributed by atoms with E-state index in [9.17, 15) is 0 Å². The molecule has 0 saturated heterocycles. The molecule has 5 aromatic rings. The molecule has 5 rings (SSSR count).